The summed E-state index contributed by atoms with van der Waals surface area (Å²) in [5.74, 6) is -0.274. The lowest BCUT2D eigenvalue weighted by Crippen LogP contribution is -2.36. The summed E-state index contributed by atoms with van der Waals surface area (Å²) >= 11 is 11.3. The van der Waals surface area contributed by atoms with E-state index in [0.29, 0.717) is 10.5 Å². The van der Waals surface area contributed by atoms with E-state index in [-0.39, 0.29) is 16.9 Å². The van der Waals surface area contributed by atoms with Crippen molar-refractivity contribution in [2.45, 2.75) is 20.8 Å². The molecule has 1 aromatic heterocycles. The second kappa shape index (κ2) is 7.39. The number of fused-ring (bicyclic) bond motifs is 1. The van der Waals surface area contributed by atoms with Gasteiger partial charge >= 0.3 is 0 Å². The zero-order chi connectivity index (χ0) is 18.8. The van der Waals surface area contributed by atoms with Crippen LogP contribution < -0.4 is 10.6 Å². The second-order valence-corrected chi connectivity index (χ2v) is 7.04. The molecule has 1 amide bonds. The van der Waals surface area contributed by atoms with Crippen LogP contribution in [0.2, 0.25) is 5.02 Å². The van der Waals surface area contributed by atoms with Gasteiger partial charge in [0.1, 0.15) is 11.0 Å². The first-order valence-electron chi connectivity index (χ1n) is 8.09. The van der Waals surface area contributed by atoms with Gasteiger partial charge in [-0.25, -0.2) is 0 Å². The highest BCUT2D eigenvalue weighted by molar-refractivity contribution is 7.80. The zero-order valence-electron chi connectivity index (χ0n) is 14.6. The van der Waals surface area contributed by atoms with Crippen LogP contribution in [0.4, 0.5) is 5.69 Å². The van der Waals surface area contributed by atoms with E-state index in [1.54, 1.807) is 18.6 Å². The van der Waals surface area contributed by atoms with Crippen LogP contribution in [0.5, 0.6) is 0 Å². The molecule has 0 aliphatic heterocycles. The van der Waals surface area contributed by atoms with Crippen molar-refractivity contribution in [1.29, 1.82) is 0 Å². The number of rotatable bonds is 3. The SMILES string of the molecule is Cc1ccc(-n2nc3ccc(NC(=S)NC(=O)C(C)C)cc3n2)cc1Cl. The van der Waals surface area contributed by atoms with Gasteiger partial charge in [0.15, 0.2) is 5.11 Å². The Morgan fingerprint density at radius 3 is 2.58 bits per heavy atom. The molecule has 3 rings (SSSR count). The summed E-state index contributed by atoms with van der Waals surface area (Å²) in [7, 11) is 0. The van der Waals surface area contributed by atoms with E-state index in [1.807, 2.05) is 43.3 Å². The summed E-state index contributed by atoms with van der Waals surface area (Å²) in [5.41, 5.74) is 3.94. The minimum Gasteiger partial charge on any atom is -0.332 e. The molecule has 2 N–H and O–H groups in total. The molecule has 0 aliphatic rings. The van der Waals surface area contributed by atoms with Crippen molar-refractivity contribution >= 4 is 51.6 Å². The van der Waals surface area contributed by atoms with Gasteiger partial charge in [-0.2, -0.15) is 4.80 Å². The van der Waals surface area contributed by atoms with Crippen LogP contribution in [-0.4, -0.2) is 26.0 Å². The van der Waals surface area contributed by atoms with E-state index >= 15 is 0 Å². The molecule has 0 unspecified atom stereocenters. The fraction of sp³-hybridized carbons (Fsp3) is 0.222. The summed E-state index contributed by atoms with van der Waals surface area (Å²) in [6.07, 6.45) is 0. The van der Waals surface area contributed by atoms with E-state index in [9.17, 15) is 4.79 Å². The van der Waals surface area contributed by atoms with Gasteiger partial charge in [0.05, 0.1) is 5.69 Å². The summed E-state index contributed by atoms with van der Waals surface area (Å²) < 4.78 is 0. The van der Waals surface area contributed by atoms with Gasteiger partial charge in [-0.3, -0.25) is 4.79 Å². The standard InChI is InChI=1S/C18H18ClN5OS/c1-10(2)17(25)21-18(26)20-12-5-7-15-16(8-12)23-24(22-15)13-6-4-11(3)14(19)9-13/h4-10H,1-3H3,(H2,20,21,25,26). The number of halogens is 1. The van der Waals surface area contributed by atoms with Gasteiger partial charge in [-0.15, -0.1) is 10.2 Å². The number of amides is 1. The van der Waals surface area contributed by atoms with Gasteiger partial charge in [0, 0.05) is 16.6 Å². The first-order chi connectivity index (χ1) is 12.3. The van der Waals surface area contributed by atoms with Crippen LogP contribution in [0.1, 0.15) is 19.4 Å². The Hall–Kier alpha value is -2.51. The highest BCUT2D eigenvalue weighted by Crippen LogP contribution is 2.21. The molecule has 0 fully saturated rings. The molecule has 0 atom stereocenters. The molecular weight excluding hydrogens is 370 g/mol. The maximum absolute atomic E-state index is 11.7. The Bertz CT molecular complexity index is 998. The molecule has 6 nitrogen and oxygen atoms in total. The zero-order valence-corrected chi connectivity index (χ0v) is 16.1. The summed E-state index contributed by atoms with van der Waals surface area (Å²) in [6, 6.07) is 11.2. The number of hydrogen-bond donors (Lipinski definition) is 2. The summed E-state index contributed by atoms with van der Waals surface area (Å²) in [4.78, 5) is 13.2. The molecule has 134 valence electrons. The maximum Gasteiger partial charge on any atom is 0.228 e. The Morgan fingerprint density at radius 1 is 1.15 bits per heavy atom. The lowest BCUT2D eigenvalue weighted by Gasteiger charge is -2.10. The van der Waals surface area contributed by atoms with Crippen molar-refractivity contribution in [3.05, 3.63) is 47.0 Å². The first-order valence-corrected chi connectivity index (χ1v) is 8.87. The predicted molar refractivity (Wildman–Crippen MR) is 108 cm³/mol. The van der Waals surface area contributed by atoms with Crippen molar-refractivity contribution < 1.29 is 4.79 Å². The molecule has 8 heteroatoms. The Kier molecular flexibility index (Phi) is 5.20. The number of carbonyl (C=O) groups excluding carboxylic acids is 1. The lowest BCUT2D eigenvalue weighted by molar-refractivity contribution is -0.122. The van der Waals surface area contributed by atoms with Gasteiger partial charge in [0.2, 0.25) is 5.91 Å². The third kappa shape index (κ3) is 4.00. The van der Waals surface area contributed by atoms with Crippen LogP contribution in [-0.2, 0) is 4.79 Å². The molecule has 26 heavy (non-hydrogen) atoms. The van der Waals surface area contributed by atoms with Gasteiger partial charge in [-0.1, -0.05) is 31.5 Å². The van der Waals surface area contributed by atoms with Gasteiger partial charge in [0.25, 0.3) is 0 Å². The lowest BCUT2D eigenvalue weighted by atomic mass is 10.2. The highest BCUT2D eigenvalue weighted by Gasteiger charge is 2.10. The van der Waals surface area contributed by atoms with Gasteiger partial charge < -0.3 is 10.6 Å². The Morgan fingerprint density at radius 2 is 1.88 bits per heavy atom. The van der Waals surface area contributed by atoms with E-state index in [2.05, 4.69) is 20.8 Å². The van der Waals surface area contributed by atoms with E-state index in [0.717, 1.165) is 22.5 Å². The van der Waals surface area contributed by atoms with Crippen molar-refractivity contribution in [2.75, 3.05) is 5.32 Å². The second-order valence-electron chi connectivity index (χ2n) is 6.22. The summed E-state index contributed by atoms with van der Waals surface area (Å²) in [5, 5.41) is 15.5. The minimum atomic E-state index is -0.140. The van der Waals surface area contributed by atoms with E-state index in [4.69, 9.17) is 23.8 Å². The number of nitrogens with one attached hydrogen (secondary N) is 2. The molecule has 0 saturated heterocycles. The molecule has 1 heterocycles. The topological polar surface area (TPSA) is 71.8 Å². The Labute approximate surface area is 161 Å². The number of nitrogens with zero attached hydrogens (tertiary/aromatic N) is 3. The molecule has 0 aliphatic carbocycles. The molecule has 2 aromatic carbocycles. The van der Waals surface area contributed by atoms with Crippen molar-refractivity contribution in [3.8, 4) is 5.69 Å². The monoisotopic (exact) mass is 387 g/mol. The van der Waals surface area contributed by atoms with Crippen LogP contribution in [0.25, 0.3) is 16.7 Å². The quantitative estimate of drug-likeness (QED) is 0.668. The fourth-order valence-corrected chi connectivity index (χ4v) is 2.63. The first kappa shape index (κ1) is 18.3. The third-order valence-electron chi connectivity index (χ3n) is 3.79. The Balaban J connectivity index is 1.82. The maximum atomic E-state index is 11.7. The minimum absolute atomic E-state index is 0.134. The normalized spacial score (nSPS) is 11.0. The highest BCUT2D eigenvalue weighted by atomic mass is 35.5. The number of carbonyl (C=O) groups is 1. The average Bonchev–Trinajstić information content (AvgIpc) is 3.00. The fourth-order valence-electron chi connectivity index (χ4n) is 2.23. The van der Waals surface area contributed by atoms with Crippen LogP contribution >= 0.6 is 23.8 Å². The molecular formula is C18H18ClN5OS. The number of benzene rings is 2. The van der Waals surface area contributed by atoms with Gasteiger partial charge in [-0.05, 0) is 55.0 Å². The number of aromatic nitrogens is 3. The predicted octanol–water partition coefficient (Wildman–Crippen LogP) is 3.85. The number of anilines is 1. The molecule has 0 bridgehead atoms. The smallest absolute Gasteiger partial charge is 0.228 e. The van der Waals surface area contributed by atoms with E-state index < -0.39 is 0 Å². The van der Waals surface area contributed by atoms with Crippen LogP contribution in [0, 0.1) is 12.8 Å². The molecule has 0 spiro atoms. The average molecular weight is 388 g/mol. The van der Waals surface area contributed by atoms with E-state index in [1.165, 1.54) is 0 Å². The molecule has 0 saturated carbocycles. The third-order valence-corrected chi connectivity index (χ3v) is 4.40. The van der Waals surface area contributed by atoms with Crippen LogP contribution in [0.3, 0.4) is 0 Å². The van der Waals surface area contributed by atoms with Crippen molar-refractivity contribution in [1.82, 2.24) is 20.3 Å². The largest absolute Gasteiger partial charge is 0.332 e. The molecule has 0 radical (unpaired) electrons. The van der Waals surface area contributed by atoms with Crippen molar-refractivity contribution in [2.24, 2.45) is 5.92 Å². The number of hydrogen-bond acceptors (Lipinski definition) is 4. The number of aryl methyl sites for hydroxylation is 1. The summed E-state index contributed by atoms with van der Waals surface area (Å²) in [6.45, 7) is 5.55. The van der Waals surface area contributed by atoms with Crippen LogP contribution in [0.15, 0.2) is 36.4 Å². The number of thiocarbonyl (C=S) groups is 1. The van der Waals surface area contributed by atoms with Crippen molar-refractivity contribution in [3.63, 3.8) is 0 Å². The molecule has 3 aromatic rings.